The molecule has 0 aliphatic heterocycles. The summed E-state index contributed by atoms with van der Waals surface area (Å²) in [5.41, 5.74) is 0.809. The number of hydrogen-bond donors (Lipinski definition) is 0. The molecule has 0 aromatic heterocycles. The number of amides is 1. The van der Waals surface area contributed by atoms with Gasteiger partial charge in [-0.25, -0.2) is 0 Å². The molecule has 1 aromatic carbocycles. The summed E-state index contributed by atoms with van der Waals surface area (Å²) in [5, 5.41) is 0. The van der Waals surface area contributed by atoms with Gasteiger partial charge in [0.05, 0.1) is 27.8 Å². The number of hydrogen-bond acceptors (Lipinski definition) is 6. The molecular weight excluding hydrogens is 350 g/mol. The highest BCUT2D eigenvalue weighted by Gasteiger charge is 2.13. The van der Waals surface area contributed by atoms with Gasteiger partial charge in [0.1, 0.15) is 0 Å². The van der Waals surface area contributed by atoms with Gasteiger partial charge in [-0.15, -0.1) is 0 Å². The standard InChI is InChI=1S/C20H29NO6/c1-5-27-14-6-12-21(13-11-20(23)26-4)19(22)10-8-16-7-9-17(24-2)18(15-16)25-3/h7-10,15H,5-6,11-14H2,1-4H3/b10-8+. The van der Waals surface area contributed by atoms with Gasteiger partial charge in [-0.2, -0.15) is 0 Å². The van der Waals surface area contributed by atoms with E-state index in [1.165, 1.54) is 13.2 Å². The Morgan fingerprint density at radius 1 is 1.07 bits per heavy atom. The smallest absolute Gasteiger partial charge is 0.307 e. The van der Waals surface area contributed by atoms with E-state index in [0.717, 1.165) is 5.56 Å². The number of carbonyl (C=O) groups is 2. The molecule has 7 heteroatoms. The van der Waals surface area contributed by atoms with Crippen LogP contribution >= 0.6 is 0 Å². The number of benzene rings is 1. The Kier molecular flexibility index (Phi) is 10.6. The van der Waals surface area contributed by atoms with Crippen LogP contribution in [0.3, 0.4) is 0 Å². The Hall–Kier alpha value is -2.54. The van der Waals surface area contributed by atoms with E-state index in [0.29, 0.717) is 44.2 Å². The zero-order valence-corrected chi connectivity index (χ0v) is 16.5. The summed E-state index contributed by atoms with van der Waals surface area (Å²) in [6.07, 6.45) is 4.04. The molecule has 0 atom stereocenters. The van der Waals surface area contributed by atoms with Crippen LogP contribution in [0.4, 0.5) is 0 Å². The van der Waals surface area contributed by atoms with E-state index >= 15 is 0 Å². The first-order valence-corrected chi connectivity index (χ1v) is 8.89. The lowest BCUT2D eigenvalue weighted by molar-refractivity contribution is -0.141. The molecule has 0 bridgehead atoms. The van der Waals surface area contributed by atoms with Crippen LogP contribution in [0.1, 0.15) is 25.3 Å². The van der Waals surface area contributed by atoms with Crippen LogP contribution in [0.25, 0.3) is 6.08 Å². The molecule has 0 N–H and O–H groups in total. The molecule has 150 valence electrons. The molecule has 0 unspecified atom stereocenters. The van der Waals surface area contributed by atoms with Crippen molar-refractivity contribution >= 4 is 18.0 Å². The molecule has 0 radical (unpaired) electrons. The number of ether oxygens (including phenoxy) is 4. The van der Waals surface area contributed by atoms with Crippen molar-refractivity contribution in [2.45, 2.75) is 19.8 Å². The fraction of sp³-hybridized carbons (Fsp3) is 0.500. The minimum Gasteiger partial charge on any atom is -0.493 e. The van der Waals surface area contributed by atoms with E-state index in [9.17, 15) is 9.59 Å². The lowest BCUT2D eigenvalue weighted by Gasteiger charge is -2.20. The van der Waals surface area contributed by atoms with Crippen molar-refractivity contribution in [2.24, 2.45) is 0 Å². The first-order valence-electron chi connectivity index (χ1n) is 8.89. The van der Waals surface area contributed by atoms with Crippen LogP contribution in [-0.4, -0.2) is 64.4 Å². The summed E-state index contributed by atoms with van der Waals surface area (Å²) < 4.78 is 20.4. The normalized spacial score (nSPS) is 10.7. The monoisotopic (exact) mass is 379 g/mol. The second kappa shape index (κ2) is 12.8. The Morgan fingerprint density at radius 2 is 1.81 bits per heavy atom. The second-order valence-corrected chi connectivity index (χ2v) is 5.65. The van der Waals surface area contributed by atoms with E-state index in [1.807, 2.05) is 13.0 Å². The summed E-state index contributed by atoms with van der Waals surface area (Å²) in [5.74, 6) is 0.689. The molecule has 0 fully saturated rings. The number of esters is 1. The van der Waals surface area contributed by atoms with Gasteiger partial charge in [0.15, 0.2) is 11.5 Å². The minimum atomic E-state index is -0.346. The SMILES string of the molecule is CCOCCCN(CCC(=O)OC)C(=O)/C=C/c1ccc(OC)c(OC)c1. The minimum absolute atomic E-state index is 0.154. The molecule has 0 saturated heterocycles. The Morgan fingerprint density at radius 3 is 2.44 bits per heavy atom. The third-order valence-electron chi connectivity index (χ3n) is 3.87. The predicted octanol–water partition coefficient (Wildman–Crippen LogP) is 2.54. The predicted molar refractivity (Wildman–Crippen MR) is 103 cm³/mol. The maximum Gasteiger partial charge on any atom is 0.307 e. The quantitative estimate of drug-likeness (QED) is 0.316. The Labute approximate surface area is 160 Å². The fourth-order valence-corrected chi connectivity index (χ4v) is 2.39. The molecule has 1 amide bonds. The highest BCUT2D eigenvalue weighted by molar-refractivity contribution is 5.92. The van der Waals surface area contributed by atoms with Crippen molar-refractivity contribution in [3.8, 4) is 11.5 Å². The van der Waals surface area contributed by atoms with Crippen molar-refractivity contribution in [1.82, 2.24) is 4.90 Å². The molecule has 0 spiro atoms. The molecule has 0 aliphatic carbocycles. The van der Waals surface area contributed by atoms with E-state index in [4.69, 9.17) is 14.2 Å². The topological polar surface area (TPSA) is 74.3 Å². The molecule has 0 heterocycles. The van der Waals surface area contributed by atoms with Crippen molar-refractivity contribution in [3.05, 3.63) is 29.8 Å². The van der Waals surface area contributed by atoms with Crippen molar-refractivity contribution < 1.29 is 28.5 Å². The van der Waals surface area contributed by atoms with Gasteiger partial charge in [-0.05, 0) is 37.1 Å². The zero-order valence-electron chi connectivity index (χ0n) is 16.5. The van der Waals surface area contributed by atoms with Gasteiger partial charge in [0.2, 0.25) is 5.91 Å². The number of methoxy groups -OCH3 is 3. The van der Waals surface area contributed by atoms with Crippen molar-refractivity contribution in [2.75, 3.05) is 47.6 Å². The molecule has 7 nitrogen and oxygen atoms in total. The third-order valence-corrected chi connectivity index (χ3v) is 3.87. The number of rotatable bonds is 12. The van der Waals surface area contributed by atoms with Crippen LogP contribution in [0.15, 0.2) is 24.3 Å². The highest BCUT2D eigenvalue weighted by Crippen LogP contribution is 2.27. The summed E-state index contributed by atoms with van der Waals surface area (Å²) in [6, 6.07) is 5.40. The van der Waals surface area contributed by atoms with Gasteiger partial charge in [0.25, 0.3) is 0 Å². The van der Waals surface area contributed by atoms with Gasteiger partial charge < -0.3 is 23.8 Å². The maximum absolute atomic E-state index is 12.5. The Bertz CT molecular complexity index is 629. The Balaban J connectivity index is 2.77. The summed E-state index contributed by atoms with van der Waals surface area (Å²) in [4.78, 5) is 25.6. The average molecular weight is 379 g/mol. The van der Waals surface area contributed by atoms with E-state index in [-0.39, 0.29) is 18.3 Å². The lowest BCUT2D eigenvalue weighted by atomic mass is 10.2. The molecule has 1 aromatic rings. The maximum atomic E-state index is 12.5. The van der Waals surface area contributed by atoms with Gasteiger partial charge in [-0.1, -0.05) is 6.07 Å². The molecular formula is C20H29NO6. The summed E-state index contributed by atoms with van der Waals surface area (Å²) >= 11 is 0. The molecule has 0 saturated carbocycles. The first kappa shape index (κ1) is 22.5. The van der Waals surface area contributed by atoms with Gasteiger partial charge in [0, 0.05) is 32.4 Å². The molecule has 1 rings (SSSR count). The van der Waals surface area contributed by atoms with Crippen LogP contribution < -0.4 is 9.47 Å². The van der Waals surface area contributed by atoms with Crippen LogP contribution in [0.5, 0.6) is 11.5 Å². The van der Waals surface area contributed by atoms with E-state index < -0.39 is 0 Å². The number of nitrogens with zero attached hydrogens (tertiary/aromatic N) is 1. The fourth-order valence-electron chi connectivity index (χ4n) is 2.39. The first-order chi connectivity index (χ1) is 13.0. The largest absolute Gasteiger partial charge is 0.493 e. The van der Waals surface area contributed by atoms with E-state index in [1.54, 1.807) is 37.3 Å². The van der Waals surface area contributed by atoms with Crippen LogP contribution in [0.2, 0.25) is 0 Å². The number of carbonyl (C=O) groups excluding carboxylic acids is 2. The highest BCUT2D eigenvalue weighted by atomic mass is 16.5. The molecule has 0 aliphatic rings. The van der Waals surface area contributed by atoms with E-state index in [2.05, 4.69) is 4.74 Å². The summed E-state index contributed by atoms with van der Waals surface area (Å²) in [7, 11) is 4.46. The van der Waals surface area contributed by atoms with Gasteiger partial charge in [-0.3, -0.25) is 9.59 Å². The summed E-state index contributed by atoms with van der Waals surface area (Å²) in [6.45, 7) is 3.93. The third kappa shape index (κ3) is 8.13. The van der Waals surface area contributed by atoms with Crippen LogP contribution in [0, 0.1) is 0 Å². The van der Waals surface area contributed by atoms with Crippen molar-refractivity contribution in [3.63, 3.8) is 0 Å². The second-order valence-electron chi connectivity index (χ2n) is 5.65. The zero-order chi connectivity index (χ0) is 20.1. The van der Waals surface area contributed by atoms with Crippen molar-refractivity contribution in [1.29, 1.82) is 0 Å². The average Bonchev–Trinajstić information content (AvgIpc) is 2.70. The van der Waals surface area contributed by atoms with Gasteiger partial charge >= 0.3 is 5.97 Å². The molecule has 27 heavy (non-hydrogen) atoms. The van der Waals surface area contributed by atoms with Crippen LogP contribution in [-0.2, 0) is 19.1 Å². The lowest BCUT2D eigenvalue weighted by Crippen LogP contribution is -2.33.